The van der Waals surface area contributed by atoms with E-state index >= 15 is 0 Å². The number of hydrogen-bond acceptors (Lipinski definition) is 2. The van der Waals surface area contributed by atoms with Crippen molar-refractivity contribution in [3.05, 3.63) is 59.7 Å². The van der Waals surface area contributed by atoms with Crippen molar-refractivity contribution in [2.75, 3.05) is 5.32 Å². The van der Waals surface area contributed by atoms with Gasteiger partial charge in [0.15, 0.2) is 0 Å². The van der Waals surface area contributed by atoms with Gasteiger partial charge >= 0.3 is 0 Å². The third-order valence-corrected chi connectivity index (χ3v) is 3.62. The Hall–Kier alpha value is -2.36. The second kappa shape index (κ2) is 5.56. The second-order valence-corrected chi connectivity index (χ2v) is 5.21. The quantitative estimate of drug-likeness (QED) is 0.736. The molecular formula is C17H18FN3. The molecule has 3 nitrogen and oxygen atoms in total. The molecule has 1 aromatic heterocycles. The van der Waals surface area contributed by atoms with Gasteiger partial charge in [-0.1, -0.05) is 19.1 Å². The Kier molecular flexibility index (Phi) is 3.60. The first-order valence-electron chi connectivity index (χ1n) is 7.14. The maximum atomic E-state index is 13.0. The molecule has 0 saturated carbocycles. The van der Waals surface area contributed by atoms with E-state index in [0.29, 0.717) is 0 Å². The number of aromatic amines is 1. The van der Waals surface area contributed by atoms with Gasteiger partial charge in [-0.05, 0) is 49.2 Å². The molecule has 0 radical (unpaired) electrons. The fourth-order valence-corrected chi connectivity index (χ4v) is 2.54. The van der Waals surface area contributed by atoms with Crippen LogP contribution in [0.15, 0.2) is 42.5 Å². The summed E-state index contributed by atoms with van der Waals surface area (Å²) in [5, 5.41) is 3.50. The highest BCUT2D eigenvalue weighted by Crippen LogP contribution is 2.25. The van der Waals surface area contributed by atoms with Crippen molar-refractivity contribution in [3.63, 3.8) is 0 Å². The standard InChI is InChI=1S/C17H18FN3/c1-3-15(12-4-6-13(18)7-5-12)21-14-8-9-16-17(10-14)20-11(2)19-16/h4-10,15,21H,3H2,1-2H3,(H,19,20). The molecule has 4 heteroatoms. The summed E-state index contributed by atoms with van der Waals surface area (Å²) in [4.78, 5) is 7.63. The minimum absolute atomic E-state index is 0.159. The fourth-order valence-electron chi connectivity index (χ4n) is 2.54. The summed E-state index contributed by atoms with van der Waals surface area (Å²) >= 11 is 0. The molecule has 1 heterocycles. The topological polar surface area (TPSA) is 40.7 Å². The largest absolute Gasteiger partial charge is 0.378 e. The minimum atomic E-state index is -0.206. The first-order valence-corrected chi connectivity index (χ1v) is 7.14. The molecule has 1 unspecified atom stereocenters. The van der Waals surface area contributed by atoms with E-state index in [4.69, 9.17) is 0 Å². The maximum Gasteiger partial charge on any atom is 0.123 e. The number of nitrogens with zero attached hydrogens (tertiary/aromatic N) is 1. The summed E-state index contributed by atoms with van der Waals surface area (Å²) in [6.45, 7) is 4.06. The van der Waals surface area contributed by atoms with Crippen LogP contribution in [-0.2, 0) is 0 Å². The number of H-pyrrole nitrogens is 1. The average molecular weight is 283 g/mol. The monoisotopic (exact) mass is 283 g/mol. The number of nitrogens with one attached hydrogen (secondary N) is 2. The Morgan fingerprint density at radius 2 is 1.95 bits per heavy atom. The van der Waals surface area contributed by atoms with E-state index in [-0.39, 0.29) is 11.9 Å². The Morgan fingerprint density at radius 3 is 2.67 bits per heavy atom. The van der Waals surface area contributed by atoms with Gasteiger partial charge in [0.05, 0.1) is 17.1 Å². The molecule has 0 aliphatic rings. The molecule has 0 aliphatic carbocycles. The SMILES string of the molecule is CCC(Nc1ccc2nc(C)[nH]c2c1)c1ccc(F)cc1. The first-order chi connectivity index (χ1) is 10.2. The van der Waals surface area contributed by atoms with Crippen LogP contribution in [0.1, 0.15) is 30.8 Å². The van der Waals surface area contributed by atoms with Crippen LogP contribution in [0.25, 0.3) is 11.0 Å². The number of aryl methyl sites for hydroxylation is 1. The number of rotatable bonds is 4. The molecule has 2 N–H and O–H groups in total. The van der Waals surface area contributed by atoms with Crippen molar-refractivity contribution in [2.24, 2.45) is 0 Å². The van der Waals surface area contributed by atoms with E-state index < -0.39 is 0 Å². The second-order valence-electron chi connectivity index (χ2n) is 5.21. The zero-order valence-corrected chi connectivity index (χ0v) is 12.2. The average Bonchev–Trinajstić information content (AvgIpc) is 2.85. The number of halogens is 1. The molecule has 2 aromatic carbocycles. The van der Waals surface area contributed by atoms with Crippen LogP contribution in [0.2, 0.25) is 0 Å². The summed E-state index contributed by atoms with van der Waals surface area (Å²) in [7, 11) is 0. The smallest absolute Gasteiger partial charge is 0.123 e. The lowest BCUT2D eigenvalue weighted by Crippen LogP contribution is -2.09. The number of anilines is 1. The molecule has 0 bridgehead atoms. The van der Waals surface area contributed by atoms with Crippen LogP contribution in [0.3, 0.4) is 0 Å². The lowest BCUT2D eigenvalue weighted by molar-refractivity contribution is 0.625. The van der Waals surface area contributed by atoms with Gasteiger partial charge in [-0.25, -0.2) is 9.37 Å². The van der Waals surface area contributed by atoms with Gasteiger partial charge in [-0.15, -0.1) is 0 Å². The molecular weight excluding hydrogens is 265 g/mol. The van der Waals surface area contributed by atoms with Crippen molar-refractivity contribution in [1.82, 2.24) is 9.97 Å². The molecule has 0 amide bonds. The van der Waals surface area contributed by atoms with Gasteiger partial charge < -0.3 is 10.3 Å². The van der Waals surface area contributed by atoms with Gasteiger partial charge in [0.25, 0.3) is 0 Å². The number of benzene rings is 2. The van der Waals surface area contributed by atoms with Crippen LogP contribution in [0, 0.1) is 12.7 Å². The van der Waals surface area contributed by atoms with Crippen molar-refractivity contribution < 1.29 is 4.39 Å². The van der Waals surface area contributed by atoms with E-state index in [9.17, 15) is 4.39 Å². The Balaban J connectivity index is 1.86. The lowest BCUT2D eigenvalue weighted by atomic mass is 10.0. The van der Waals surface area contributed by atoms with Gasteiger partial charge in [0.2, 0.25) is 0 Å². The summed E-state index contributed by atoms with van der Waals surface area (Å²) in [5.41, 5.74) is 4.10. The zero-order valence-electron chi connectivity index (χ0n) is 12.2. The highest BCUT2D eigenvalue weighted by Gasteiger charge is 2.10. The van der Waals surface area contributed by atoms with E-state index in [2.05, 4.69) is 28.3 Å². The number of hydrogen-bond donors (Lipinski definition) is 2. The molecule has 0 saturated heterocycles. The van der Waals surface area contributed by atoms with E-state index in [1.165, 1.54) is 12.1 Å². The number of imidazole rings is 1. The summed E-state index contributed by atoms with van der Waals surface area (Å²) in [6, 6.07) is 12.9. The number of fused-ring (bicyclic) bond motifs is 1. The summed E-state index contributed by atoms with van der Waals surface area (Å²) < 4.78 is 13.0. The Bertz CT molecular complexity index is 746. The molecule has 3 aromatic rings. The summed E-state index contributed by atoms with van der Waals surface area (Å²) in [6.07, 6.45) is 0.922. The predicted molar refractivity (Wildman–Crippen MR) is 83.9 cm³/mol. The molecule has 1 atom stereocenters. The van der Waals surface area contributed by atoms with Gasteiger partial charge in [-0.2, -0.15) is 0 Å². The van der Waals surface area contributed by atoms with Crippen molar-refractivity contribution in [3.8, 4) is 0 Å². The zero-order chi connectivity index (χ0) is 14.8. The minimum Gasteiger partial charge on any atom is -0.378 e. The van der Waals surface area contributed by atoms with Crippen LogP contribution in [-0.4, -0.2) is 9.97 Å². The molecule has 108 valence electrons. The van der Waals surface area contributed by atoms with E-state index in [1.807, 2.05) is 31.2 Å². The lowest BCUT2D eigenvalue weighted by Gasteiger charge is -2.18. The Morgan fingerprint density at radius 1 is 1.19 bits per heavy atom. The predicted octanol–water partition coefficient (Wildman–Crippen LogP) is 4.57. The molecule has 0 aliphatic heterocycles. The summed E-state index contributed by atoms with van der Waals surface area (Å²) in [5.74, 6) is 0.704. The van der Waals surface area contributed by atoms with Crippen LogP contribution < -0.4 is 5.32 Å². The van der Waals surface area contributed by atoms with E-state index in [1.54, 1.807) is 0 Å². The van der Waals surface area contributed by atoms with Gasteiger partial charge in [0.1, 0.15) is 11.6 Å². The van der Waals surface area contributed by atoms with Crippen LogP contribution >= 0.6 is 0 Å². The highest BCUT2D eigenvalue weighted by atomic mass is 19.1. The third kappa shape index (κ3) is 2.89. The van der Waals surface area contributed by atoms with Gasteiger partial charge in [0, 0.05) is 5.69 Å². The highest BCUT2D eigenvalue weighted by molar-refractivity contribution is 5.79. The van der Waals surface area contributed by atoms with E-state index in [0.717, 1.165) is 34.5 Å². The third-order valence-electron chi connectivity index (χ3n) is 3.62. The maximum absolute atomic E-state index is 13.0. The van der Waals surface area contributed by atoms with Crippen LogP contribution in [0.5, 0.6) is 0 Å². The molecule has 21 heavy (non-hydrogen) atoms. The van der Waals surface area contributed by atoms with Crippen LogP contribution in [0.4, 0.5) is 10.1 Å². The fraction of sp³-hybridized carbons (Fsp3) is 0.235. The molecule has 3 rings (SSSR count). The Labute approximate surface area is 123 Å². The van der Waals surface area contributed by atoms with Crippen molar-refractivity contribution in [1.29, 1.82) is 0 Å². The first kappa shape index (κ1) is 13.6. The molecule has 0 spiro atoms. The van der Waals surface area contributed by atoms with Crippen molar-refractivity contribution >= 4 is 16.7 Å². The van der Waals surface area contributed by atoms with Crippen molar-refractivity contribution in [2.45, 2.75) is 26.3 Å². The molecule has 0 fully saturated rings. The van der Waals surface area contributed by atoms with Gasteiger partial charge in [-0.3, -0.25) is 0 Å². The normalized spacial score (nSPS) is 12.5. The number of aromatic nitrogens is 2.